The first-order valence-electron chi connectivity index (χ1n) is 11.5. The maximum atomic E-state index is 13.6. The predicted molar refractivity (Wildman–Crippen MR) is 125 cm³/mol. The quantitative estimate of drug-likeness (QED) is 0.551. The van der Waals surface area contributed by atoms with Crippen LogP contribution in [0.15, 0.2) is 34.1 Å². The van der Waals surface area contributed by atoms with E-state index < -0.39 is 29.8 Å². The monoisotopic (exact) mass is 500 g/mol. The van der Waals surface area contributed by atoms with E-state index in [0.29, 0.717) is 6.42 Å². The molecule has 2 aliphatic carbocycles. The number of hydrogen-bond acceptors (Lipinski definition) is 7. The normalized spacial score (nSPS) is 34.3. The summed E-state index contributed by atoms with van der Waals surface area (Å²) in [5.41, 5.74) is 0.720. The second kappa shape index (κ2) is 7.45. The molecule has 3 fully saturated rings. The van der Waals surface area contributed by atoms with Crippen molar-refractivity contribution in [3.8, 4) is 5.75 Å². The third kappa shape index (κ3) is 2.78. The Hall–Kier alpha value is -2.59. The summed E-state index contributed by atoms with van der Waals surface area (Å²) in [6.07, 6.45) is 0.714. The lowest BCUT2D eigenvalue weighted by Crippen LogP contribution is -2.49. The van der Waals surface area contributed by atoms with E-state index in [4.69, 9.17) is 0 Å². The number of phenolic OH excluding ortho intramolecular Hbond substituents is 1. The zero-order valence-corrected chi connectivity index (χ0v) is 20.1. The van der Waals surface area contributed by atoms with Crippen molar-refractivity contribution in [2.75, 3.05) is 0 Å². The molecule has 2 aliphatic heterocycles. The van der Waals surface area contributed by atoms with Crippen molar-refractivity contribution < 1.29 is 24.6 Å². The fourth-order valence-electron chi connectivity index (χ4n) is 7.11. The van der Waals surface area contributed by atoms with E-state index in [9.17, 15) is 29.4 Å². The summed E-state index contributed by atoms with van der Waals surface area (Å²) in [7, 11) is 0. The number of carboxylic acid groups (broad SMARTS) is 1. The van der Waals surface area contributed by atoms with Gasteiger partial charge in [0, 0.05) is 21.6 Å². The van der Waals surface area contributed by atoms with Crippen LogP contribution in [0, 0.1) is 35.5 Å². The van der Waals surface area contributed by atoms with Crippen molar-refractivity contribution in [2.24, 2.45) is 35.5 Å². The molecule has 0 spiro atoms. The number of benzene rings is 1. The number of aromatic amines is 1. The fraction of sp³-hybridized carbons (Fsp3) is 0.500. The van der Waals surface area contributed by atoms with Crippen molar-refractivity contribution in [1.29, 1.82) is 0 Å². The molecular formula is C24H24N2O6S2. The van der Waals surface area contributed by atoms with Crippen LogP contribution >= 0.6 is 23.1 Å². The number of carbonyl (C=O) groups excluding carboxylic acids is 2. The number of aliphatic carboxylic acids is 1. The summed E-state index contributed by atoms with van der Waals surface area (Å²) < 4.78 is 0. The molecule has 178 valence electrons. The number of H-pyrrole nitrogens is 1. The van der Waals surface area contributed by atoms with Gasteiger partial charge in [0.05, 0.1) is 16.9 Å². The molecule has 1 aromatic heterocycles. The number of amides is 2. The Balaban J connectivity index is 1.46. The number of aromatic nitrogens is 1. The van der Waals surface area contributed by atoms with Crippen molar-refractivity contribution in [3.63, 3.8) is 0 Å². The number of nitrogens with one attached hydrogen (secondary N) is 1. The van der Waals surface area contributed by atoms with E-state index in [-0.39, 0.29) is 51.4 Å². The summed E-state index contributed by atoms with van der Waals surface area (Å²) >= 11 is 2.70. The molecule has 2 amide bonds. The Morgan fingerprint density at radius 1 is 1.12 bits per heavy atom. The highest BCUT2D eigenvalue weighted by Gasteiger charge is 2.70. The van der Waals surface area contributed by atoms with Gasteiger partial charge in [-0.05, 0) is 36.2 Å². The predicted octanol–water partition coefficient (Wildman–Crippen LogP) is 2.72. The lowest BCUT2D eigenvalue weighted by Gasteiger charge is -2.43. The Bertz CT molecular complexity index is 1280. The number of para-hydroxylation sites is 1. The molecule has 1 aromatic carbocycles. The average molecular weight is 501 g/mol. The van der Waals surface area contributed by atoms with Crippen LogP contribution in [0.5, 0.6) is 5.75 Å². The summed E-state index contributed by atoms with van der Waals surface area (Å²) in [6.45, 7) is 3.42. The van der Waals surface area contributed by atoms with Crippen molar-refractivity contribution in [1.82, 2.24) is 9.88 Å². The Morgan fingerprint density at radius 2 is 1.79 bits per heavy atom. The SMILES string of the molecule is CC(C)[C@H](C(=O)O)N1C(=O)[C@@H]2[C@@H]3C[C@H]([C@H]4Sc5[nH]c(=O)sc5[C@@H](c5ccccc5O)[C@H]34)[C@@H]2C1=O. The summed E-state index contributed by atoms with van der Waals surface area (Å²) in [4.78, 5) is 56.0. The number of hydrogen-bond donors (Lipinski definition) is 3. The van der Waals surface area contributed by atoms with Crippen molar-refractivity contribution >= 4 is 40.9 Å². The van der Waals surface area contributed by atoms with Crippen LogP contribution in [-0.4, -0.2) is 49.2 Å². The van der Waals surface area contributed by atoms with Gasteiger partial charge in [-0.3, -0.25) is 19.3 Å². The van der Waals surface area contributed by atoms with Crippen LogP contribution in [0.3, 0.4) is 0 Å². The van der Waals surface area contributed by atoms with Crippen molar-refractivity contribution in [2.45, 2.75) is 42.5 Å². The van der Waals surface area contributed by atoms with E-state index >= 15 is 0 Å². The van der Waals surface area contributed by atoms with Crippen LogP contribution in [-0.2, 0) is 14.4 Å². The molecule has 1 saturated heterocycles. The molecule has 2 aromatic rings. The number of nitrogens with zero attached hydrogens (tertiary/aromatic N) is 1. The zero-order valence-electron chi connectivity index (χ0n) is 18.5. The molecule has 3 heterocycles. The molecule has 34 heavy (non-hydrogen) atoms. The van der Waals surface area contributed by atoms with Gasteiger partial charge in [-0.1, -0.05) is 43.4 Å². The number of imide groups is 1. The zero-order chi connectivity index (χ0) is 24.0. The largest absolute Gasteiger partial charge is 0.508 e. The molecule has 3 N–H and O–H groups in total. The molecule has 4 aliphatic rings. The van der Waals surface area contributed by atoms with Gasteiger partial charge >= 0.3 is 10.8 Å². The number of fused-ring (bicyclic) bond motifs is 9. The highest BCUT2D eigenvalue weighted by Crippen LogP contribution is 2.69. The number of phenols is 1. The number of carboxylic acids is 1. The molecule has 8 atom stereocenters. The van der Waals surface area contributed by atoms with Crippen LogP contribution in [0.1, 0.15) is 36.6 Å². The van der Waals surface area contributed by atoms with Crippen molar-refractivity contribution in [3.05, 3.63) is 44.4 Å². The standard InChI is InChI=1S/C24H24N2O6S2/c1-8(2)17(23(30)31)26-21(28)15-10-7-11(16(15)22(26)29)18-14(10)13(9-5-3-4-6-12(9)27)19-20(33-18)25-24(32)34-19/h3-6,8,10-11,13-18,27H,7H2,1-2H3,(H,25,32)(H,30,31)/t10-,11+,13+,14+,15-,16+,17-,18-/m1/s1. The van der Waals surface area contributed by atoms with Gasteiger partial charge in [-0.25, -0.2) is 4.79 Å². The lowest BCUT2D eigenvalue weighted by atomic mass is 9.68. The third-order valence-corrected chi connectivity index (χ3v) is 10.8. The van der Waals surface area contributed by atoms with Gasteiger partial charge in [0.25, 0.3) is 0 Å². The first kappa shape index (κ1) is 21.9. The highest BCUT2D eigenvalue weighted by molar-refractivity contribution is 8.00. The van der Waals surface area contributed by atoms with Gasteiger partial charge in [0.1, 0.15) is 11.8 Å². The first-order valence-corrected chi connectivity index (χ1v) is 13.2. The summed E-state index contributed by atoms with van der Waals surface area (Å²) in [5.74, 6) is -3.75. The number of thiazole rings is 1. The maximum absolute atomic E-state index is 13.6. The molecule has 2 bridgehead atoms. The second-order valence-corrected chi connectivity index (χ2v) is 12.3. The van der Waals surface area contributed by atoms with E-state index in [1.54, 1.807) is 37.7 Å². The van der Waals surface area contributed by atoms with Gasteiger partial charge in [-0.15, -0.1) is 11.8 Å². The smallest absolute Gasteiger partial charge is 0.327 e. The highest BCUT2D eigenvalue weighted by atomic mass is 32.2. The van der Waals surface area contributed by atoms with E-state index in [1.165, 1.54) is 0 Å². The minimum Gasteiger partial charge on any atom is -0.508 e. The van der Waals surface area contributed by atoms with E-state index in [2.05, 4.69) is 4.98 Å². The number of carbonyl (C=O) groups is 3. The van der Waals surface area contributed by atoms with E-state index in [1.807, 2.05) is 12.1 Å². The minimum absolute atomic E-state index is 0.00682. The van der Waals surface area contributed by atoms with Crippen LogP contribution in [0.25, 0.3) is 0 Å². The van der Waals surface area contributed by atoms with Gasteiger partial charge in [-0.2, -0.15) is 0 Å². The molecule has 0 radical (unpaired) electrons. The maximum Gasteiger partial charge on any atom is 0.327 e. The molecule has 6 rings (SSSR count). The van der Waals surface area contributed by atoms with Crippen LogP contribution in [0.2, 0.25) is 0 Å². The first-order chi connectivity index (χ1) is 16.2. The van der Waals surface area contributed by atoms with Crippen LogP contribution < -0.4 is 4.87 Å². The Labute approximate surface area is 203 Å². The van der Waals surface area contributed by atoms with Gasteiger partial charge < -0.3 is 15.2 Å². The van der Waals surface area contributed by atoms with E-state index in [0.717, 1.165) is 31.7 Å². The molecule has 0 unspecified atom stereocenters. The number of rotatable bonds is 4. The average Bonchev–Trinajstić information content (AvgIpc) is 3.49. The fourth-order valence-corrected chi connectivity index (χ4v) is 9.99. The van der Waals surface area contributed by atoms with Gasteiger partial charge in [0.2, 0.25) is 11.8 Å². The number of aromatic hydroxyl groups is 1. The van der Waals surface area contributed by atoms with Crippen LogP contribution in [0.4, 0.5) is 0 Å². The Kier molecular flexibility index (Phi) is 4.80. The molecule has 2 saturated carbocycles. The number of likely N-dealkylation sites (tertiary alicyclic amines) is 1. The lowest BCUT2D eigenvalue weighted by molar-refractivity contribution is -0.157. The minimum atomic E-state index is -1.17. The molecule has 10 heteroatoms. The third-order valence-electron chi connectivity index (χ3n) is 8.19. The topological polar surface area (TPSA) is 128 Å². The number of thioether (sulfide) groups is 1. The Morgan fingerprint density at radius 3 is 2.44 bits per heavy atom. The second-order valence-electron chi connectivity index (χ2n) is 10.1. The van der Waals surface area contributed by atoms with Gasteiger partial charge in [0.15, 0.2) is 0 Å². The molecule has 8 nitrogen and oxygen atoms in total. The molecular weight excluding hydrogens is 476 g/mol. The summed E-state index contributed by atoms with van der Waals surface area (Å²) in [6, 6.07) is 5.91. The summed E-state index contributed by atoms with van der Waals surface area (Å²) in [5, 5.41) is 21.3.